The van der Waals surface area contributed by atoms with Crippen LogP contribution in [0.1, 0.15) is 29.8 Å². The van der Waals surface area contributed by atoms with Gasteiger partial charge in [-0.25, -0.2) is 4.39 Å². The SMILES string of the molecule is CCCNC(Cc1sccc1Br)c1cccc(Cl)c1F. The molecule has 0 saturated carbocycles. The largest absolute Gasteiger partial charge is 0.310 e. The summed E-state index contributed by atoms with van der Waals surface area (Å²) in [7, 11) is 0. The number of benzene rings is 1. The van der Waals surface area contributed by atoms with Gasteiger partial charge < -0.3 is 5.32 Å². The molecule has 108 valence electrons. The van der Waals surface area contributed by atoms with Crippen molar-refractivity contribution in [3.05, 3.63) is 55.4 Å². The Hall–Kier alpha value is -0.420. The van der Waals surface area contributed by atoms with E-state index in [9.17, 15) is 4.39 Å². The molecule has 0 saturated heterocycles. The number of hydrogen-bond acceptors (Lipinski definition) is 2. The normalized spacial score (nSPS) is 12.6. The van der Waals surface area contributed by atoms with Crippen molar-refractivity contribution < 1.29 is 4.39 Å². The molecule has 1 heterocycles. The van der Waals surface area contributed by atoms with Crippen LogP contribution in [0.15, 0.2) is 34.1 Å². The topological polar surface area (TPSA) is 12.0 Å². The summed E-state index contributed by atoms with van der Waals surface area (Å²) in [5, 5.41) is 5.62. The van der Waals surface area contributed by atoms with E-state index in [0.717, 1.165) is 23.9 Å². The van der Waals surface area contributed by atoms with Crippen LogP contribution in [-0.4, -0.2) is 6.54 Å². The summed E-state index contributed by atoms with van der Waals surface area (Å²) in [6, 6.07) is 7.13. The van der Waals surface area contributed by atoms with E-state index in [1.807, 2.05) is 11.4 Å². The van der Waals surface area contributed by atoms with Crippen molar-refractivity contribution in [2.24, 2.45) is 0 Å². The summed E-state index contributed by atoms with van der Waals surface area (Å²) in [4.78, 5) is 1.21. The van der Waals surface area contributed by atoms with Crippen molar-refractivity contribution in [3.8, 4) is 0 Å². The van der Waals surface area contributed by atoms with Crippen molar-refractivity contribution in [2.45, 2.75) is 25.8 Å². The molecule has 0 bridgehead atoms. The quantitative estimate of drug-likeness (QED) is 0.693. The molecule has 5 heteroatoms. The third kappa shape index (κ3) is 3.82. The summed E-state index contributed by atoms with van der Waals surface area (Å²) < 4.78 is 15.3. The number of rotatable bonds is 6. The minimum absolute atomic E-state index is 0.0661. The van der Waals surface area contributed by atoms with E-state index in [-0.39, 0.29) is 16.9 Å². The molecule has 1 aromatic carbocycles. The molecule has 2 rings (SSSR count). The molecule has 1 unspecified atom stereocenters. The number of halogens is 3. The van der Waals surface area contributed by atoms with E-state index in [4.69, 9.17) is 11.6 Å². The second-order valence-corrected chi connectivity index (χ2v) is 6.81. The van der Waals surface area contributed by atoms with Gasteiger partial charge in [0.1, 0.15) is 5.82 Å². The summed E-state index contributed by atoms with van der Waals surface area (Å²) in [5.74, 6) is -0.324. The number of hydrogen-bond donors (Lipinski definition) is 1. The second-order valence-electron chi connectivity index (χ2n) is 4.55. The van der Waals surface area contributed by atoms with Crippen LogP contribution in [0.2, 0.25) is 5.02 Å². The summed E-state index contributed by atoms with van der Waals surface area (Å²) in [6.45, 7) is 2.94. The van der Waals surface area contributed by atoms with Gasteiger partial charge in [-0.3, -0.25) is 0 Å². The third-order valence-electron chi connectivity index (χ3n) is 3.08. The molecule has 1 atom stereocenters. The molecular formula is C15H16BrClFNS. The van der Waals surface area contributed by atoms with Crippen LogP contribution in [0.5, 0.6) is 0 Å². The molecule has 20 heavy (non-hydrogen) atoms. The van der Waals surface area contributed by atoms with Crippen LogP contribution < -0.4 is 5.32 Å². The van der Waals surface area contributed by atoms with Gasteiger partial charge in [-0.1, -0.05) is 30.7 Å². The lowest BCUT2D eigenvalue weighted by Crippen LogP contribution is -2.25. The Bertz CT molecular complexity index is 573. The van der Waals surface area contributed by atoms with Gasteiger partial charge in [-0.15, -0.1) is 11.3 Å². The Morgan fingerprint density at radius 3 is 2.85 bits per heavy atom. The third-order valence-corrected chi connectivity index (χ3v) is 5.32. The van der Waals surface area contributed by atoms with E-state index in [1.54, 1.807) is 29.5 Å². The highest BCUT2D eigenvalue weighted by Crippen LogP contribution is 2.30. The first kappa shape index (κ1) is 16.0. The van der Waals surface area contributed by atoms with Gasteiger partial charge in [-0.2, -0.15) is 0 Å². The van der Waals surface area contributed by atoms with Gasteiger partial charge in [0.15, 0.2) is 0 Å². The van der Waals surface area contributed by atoms with Crippen LogP contribution in [-0.2, 0) is 6.42 Å². The van der Waals surface area contributed by atoms with Gasteiger partial charge in [0.25, 0.3) is 0 Å². The highest BCUT2D eigenvalue weighted by atomic mass is 79.9. The van der Waals surface area contributed by atoms with Crippen LogP contribution >= 0.6 is 38.9 Å². The van der Waals surface area contributed by atoms with Crippen LogP contribution in [0.3, 0.4) is 0 Å². The standard InChI is InChI=1S/C15H16BrClFNS/c1-2-7-19-13(9-14-11(16)6-8-20-14)10-4-3-5-12(17)15(10)18/h3-6,8,13,19H,2,7,9H2,1H3. The molecule has 0 amide bonds. The highest BCUT2D eigenvalue weighted by Gasteiger charge is 2.19. The fraction of sp³-hybridized carbons (Fsp3) is 0.333. The van der Waals surface area contributed by atoms with E-state index < -0.39 is 0 Å². The van der Waals surface area contributed by atoms with Crippen LogP contribution in [0, 0.1) is 5.82 Å². The van der Waals surface area contributed by atoms with Gasteiger partial charge in [0.2, 0.25) is 0 Å². The minimum Gasteiger partial charge on any atom is -0.310 e. The minimum atomic E-state index is -0.324. The molecule has 0 aliphatic carbocycles. The Balaban J connectivity index is 2.27. The molecular weight excluding hydrogens is 361 g/mol. The zero-order chi connectivity index (χ0) is 14.5. The first-order chi connectivity index (χ1) is 9.63. The molecule has 1 aromatic heterocycles. The van der Waals surface area contributed by atoms with Crippen molar-refractivity contribution >= 4 is 38.9 Å². The van der Waals surface area contributed by atoms with Crippen molar-refractivity contribution in [1.29, 1.82) is 0 Å². The van der Waals surface area contributed by atoms with Crippen molar-refractivity contribution in [3.63, 3.8) is 0 Å². The number of thiophene rings is 1. The maximum atomic E-state index is 14.2. The molecule has 0 radical (unpaired) electrons. The average Bonchev–Trinajstić information content (AvgIpc) is 2.83. The Morgan fingerprint density at radius 1 is 1.40 bits per heavy atom. The fourth-order valence-electron chi connectivity index (χ4n) is 2.06. The predicted octanol–water partition coefficient (Wildman–Crippen LogP) is 5.59. The molecule has 1 nitrogen and oxygen atoms in total. The van der Waals surface area contributed by atoms with Crippen LogP contribution in [0.4, 0.5) is 4.39 Å². The lowest BCUT2D eigenvalue weighted by atomic mass is 10.0. The fourth-order valence-corrected chi connectivity index (χ4v) is 3.80. The Labute approximate surface area is 136 Å². The van der Waals surface area contributed by atoms with Crippen molar-refractivity contribution in [2.75, 3.05) is 6.54 Å². The second kappa shape index (κ2) is 7.55. The van der Waals surface area contributed by atoms with E-state index in [1.165, 1.54) is 4.88 Å². The lowest BCUT2D eigenvalue weighted by molar-refractivity contribution is 0.499. The zero-order valence-corrected chi connectivity index (χ0v) is 14.3. The zero-order valence-electron chi connectivity index (χ0n) is 11.1. The summed E-state index contributed by atoms with van der Waals surface area (Å²) in [5.41, 5.74) is 0.631. The predicted molar refractivity (Wildman–Crippen MR) is 88.2 cm³/mol. The van der Waals surface area contributed by atoms with E-state index in [0.29, 0.717) is 5.56 Å². The Morgan fingerprint density at radius 2 is 2.20 bits per heavy atom. The maximum absolute atomic E-state index is 14.2. The average molecular weight is 377 g/mol. The number of nitrogens with one attached hydrogen (secondary N) is 1. The van der Waals surface area contributed by atoms with Gasteiger partial charge in [-0.05, 0) is 46.4 Å². The van der Waals surface area contributed by atoms with E-state index in [2.05, 4.69) is 28.2 Å². The monoisotopic (exact) mass is 375 g/mol. The molecule has 0 aliphatic heterocycles. The highest BCUT2D eigenvalue weighted by molar-refractivity contribution is 9.10. The van der Waals surface area contributed by atoms with Crippen LogP contribution in [0.25, 0.3) is 0 Å². The molecule has 1 N–H and O–H groups in total. The summed E-state index contributed by atoms with van der Waals surface area (Å²) >= 11 is 11.1. The maximum Gasteiger partial charge on any atom is 0.146 e. The smallest absolute Gasteiger partial charge is 0.146 e. The molecule has 0 fully saturated rings. The molecule has 0 spiro atoms. The molecule has 0 aliphatic rings. The van der Waals surface area contributed by atoms with Gasteiger partial charge in [0, 0.05) is 27.4 Å². The van der Waals surface area contributed by atoms with E-state index >= 15 is 0 Å². The Kier molecular flexibility index (Phi) is 6.02. The summed E-state index contributed by atoms with van der Waals surface area (Å²) in [6.07, 6.45) is 1.75. The first-order valence-corrected chi connectivity index (χ1v) is 8.57. The van der Waals surface area contributed by atoms with Crippen molar-refractivity contribution in [1.82, 2.24) is 5.32 Å². The lowest BCUT2D eigenvalue weighted by Gasteiger charge is -2.19. The molecule has 2 aromatic rings. The van der Waals surface area contributed by atoms with Gasteiger partial charge in [0.05, 0.1) is 5.02 Å². The first-order valence-electron chi connectivity index (χ1n) is 6.52. The van der Waals surface area contributed by atoms with Gasteiger partial charge >= 0.3 is 0 Å².